The summed E-state index contributed by atoms with van der Waals surface area (Å²) in [5, 5.41) is 0. The van der Waals surface area contributed by atoms with E-state index in [1.165, 1.54) is 18.3 Å². The molecule has 0 spiro atoms. The topological polar surface area (TPSA) is 65.5 Å². The maximum Gasteiger partial charge on any atom is 0.356 e. The molecule has 1 aromatic rings. The molecule has 0 amide bonds. The largest absolute Gasteiger partial charge is 0.462 e. The van der Waals surface area contributed by atoms with E-state index in [0.717, 1.165) is 25.7 Å². The van der Waals surface area contributed by atoms with Gasteiger partial charge in [0.2, 0.25) is 0 Å². The van der Waals surface area contributed by atoms with E-state index >= 15 is 0 Å². The highest BCUT2D eigenvalue weighted by molar-refractivity contribution is 5.91. The van der Waals surface area contributed by atoms with E-state index in [0.29, 0.717) is 18.8 Å². The molecule has 0 atom stereocenters. The third-order valence-electron chi connectivity index (χ3n) is 2.67. The van der Waals surface area contributed by atoms with Crippen molar-refractivity contribution in [2.75, 3.05) is 13.2 Å². The van der Waals surface area contributed by atoms with Crippen LogP contribution in [0.15, 0.2) is 18.3 Å². The predicted molar refractivity (Wildman–Crippen MR) is 74.6 cm³/mol. The van der Waals surface area contributed by atoms with Crippen molar-refractivity contribution in [2.45, 2.75) is 39.5 Å². The first-order chi connectivity index (χ1) is 9.69. The van der Waals surface area contributed by atoms with Gasteiger partial charge in [-0.2, -0.15) is 0 Å². The van der Waals surface area contributed by atoms with Gasteiger partial charge in [0, 0.05) is 6.20 Å². The molecule has 1 heterocycles. The Labute approximate surface area is 119 Å². The molecular formula is C15H21NO4. The molecule has 0 radical (unpaired) electrons. The minimum atomic E-state index is -0.468. The van der Waals surface area contributed by atoms with Gasteiger partial charge in [0.25, 0.3) is 0 Å². The van der Waals surface area contributed by atoms with Crippen LogP contribution in [-0.4, -0.2) is 30.1 Å². The average molecular weight is 279 g/mol. The van der Waals surface area contributed by atoms with Crippen molar-refractivity contribution >= 4 is 11.9 Å². The monoisotopic (exact) mass is 279 g/mol. The van der Waals surface area contributed by atoms with Crippen molar-refractivity contribution in [3.05, 3.63) is 29.6 Å². The smallest absolute Gasteiger partial charge is 0.356 e. The second-order valence-corrected chi connectivity index (χ2v) is 4.41. The van der Waals surface area contributed by atoms with Crippen LogP contribution >= 0.6 is 0 Å². The molecule has 0 saturated heterocycles. The number of pyridine rings is 1. The van der Waals surface area contributed by atoms with Crippen molar-refractivity contribution in [2.24, 2.45) is 0 Å². The molecule has 0 aliphatic rings. The SMILES string of the molecule is CCCCOC(=O)c1ccc(C(=O)OCCCC)nc1. The number of unbranched alkanes of at least 4 members (excludes halogenated alkanes) is 2. The zero-order chi connectivity index (χ0) is 14.8. The Morgan fingerprint density at radius 1 is 1.00 bits per heavy atom. The Balaban J connectivity index is 2.50. The van der Waals surface area contributed by atoms with E-state index < -0.39 is 11.9 Å². The van der Waals surface area contributed by atoms with Gasteiger partial charge in [0.15, 0.2) is 0 Å². The Bertz CT molecular complexity index is 387. The lowest BCUT2D eigenvalue weighted by molar-refractivity contribution is 0.0479. The summed E-state index contributed by atoms with van der Waals surface area (Å²) in [4.78, 5) is 27.2. The van der Waals surface area contributed by atoms with Crippen molar-refractivity contribution in [1.82, 2.24) is 4.98 Å². The standard InChI is InChI=1S/C15H21NO4/c1-3-5-9-19-14(17)12-7-8-13(16-11-12)15(18)20-10-6-4-2/h7-8,11H,3-6,9-10H2,1-2H3. The summed E-state index contributed by atoms with van der Waals surface area (Å²) >= 11 is 0. The summed E-state index contributed by atoms with van der Waals surface area (Å²) in [7, 11) is 0. The molecule has 20 heavy (non-hydrogen) atoms. The summed E-state index contributed by atoms with van der Waals surface area (Å²) in [6, 6.07) is 3.00. The highest BCUT2D eigenvalue weighted by atomic mass is 16.5. The second kappa shape index (κ2) is 9.07. The lowest BCUT2D eigenvalue weighted by atomic mass is 10.2. The van der Waals surface area contributed by atoms with Gasteiger partial charge in [-0.15, -0.1) is 0 Å². The Kier molecular flexibility index (Phi) is 7.32. The highest BCUT2D eigenvalue weighted by Crippen LogP contribution is 2.05. The Morgan fingerprint density at radius 3 is 2.10 bits per heavy atom. The van der Waals surface area contributed by atoms with Crippen molar-refractivity contribution in [3.63, 3.8) is 0 Å². The van der Waals surface area contributed by atoms with Crippen molar-refractivity contribution < 1.29 is 19.1 Å². The van der Waals surface area contributed by atoms with Crippen LogP contribution in [-0.2, 0) is 9.47 Å². The predicted octanol–water partition coefficient (Wildman–Crippen LogP) is 3.00. The Hall–Kier alpha value is -1.91. The van der Waals surface area contributed by atoms with Crippen LogP contribution in [0, 0.1) is 0 Å². The molecule has 5 nitrogen and oxygen atoms in total. The van der Waals surface area contributed by atoms with Crippen LogP contribution in [0.5, 0.6) is 0 Å². The molecule has 0 aliphatic heterocycles. The lowest BCUT2D eigenvalue weighted by Gasteiger charge is -2.05. The van der Waals surface area contributed by atoms with E-state index in [9.17, 15) is 9.59 Å². The molecular weight excluding hydrogens is 258 g/mol. The minimum Gasteiger partial charge on any atom is -0.462 e. The zero-order valence-electron chi connectivity index (χ0n) is 12.1. The Morgan fingerprint density at radius 2 is 1.60 bits per heavy atom. The first kappa shape index (κ1) is 16.1. The summed E-state index contributed by atoms with van der Waals surface area (Å²) in [6.45, 7) is 4.83. The number of carbonyl (C=O) groups excluding carboxylic acids is 2. The molecule has 0 unspecified atom stereocenters. The molecule has 0 bridgehead atoms. The number of carbonyl (C=O) groups is 2. The van der Waals surface area contributed by atoms with E-state index in [-0.39, 0.29) is 5.69 Å². The highest BCUT2D eigenvalue weighted by Gasteiger charge is 2.11. The molecule has 1 aromatic heterocycles. The number of ether oxygens (including phenoxy) is 2. The normalized spacial score (nSPS) is 10.1. The van der Waals surface area contributed by atoms with Crippen molar-refractivity contribution in [3.8, 4) is 0 Å². The third-order valence-corrected chi connectivity index (χ3v) is 2.67. The van der Waals surface area contributed by atoms with Gasteiger partial charge in [0.1, 0.15) is 5.69 Å². The van der Waals surface area contributed by atoms with E-state index in [1.807, 2.05) is 13.8 Å². The van der Waals surface area contributed by atoms with E-state index in [2.05, 4.69) is 4.98 Å². The summed E-state index contributed by atoms with van der Waals surface area (Å²) < 4.78 is 10.1. The lowest BCUT2D eigenvalue weighted by Crippen LogP contribution is -2.11. The third kappa shape index (κ3) is 5.38. The fraction of sp³-hybridized carbons (Fsp3) is 0.533. The van der Waals surface area contributed by atoms with E-state index in [4.69, 9.17) is 9.47 Å². The number of aromatic nitrogens is 1. The number of rotatable bonds is 8. The van der Waals surface area contributed by atoms with Crippen LogP contribution < -0.4 is 0 Å². The number of hydrogen-bond acceptors (Lipinski definition) is 5. The van der Waals surface area contributed by atoms with Gasteiger partial charge in [-0.05, 0) is 25.0 Å². The van der Waals surface area contributed by atoms with Crippen LogP contribution in [0.25, 0.3) is 0 Å². The number of esters is 2. The van der Waals surface area contributed by atoms with E-state index in [1.54, 1.807) is 0 Å². The molecule has 0 saturated carbocycles. The second-order valence-electron chi connectivity index (χ2n) is 4.41. The summed E-state index contributed by atoms with van der Waals surface area (Å²) in [6.07, 6.45) is 4.93. The first-order valence-corrected chi connectivity index (χ1v) is 6.99. The maximum atomic E-state index is 11.6. The van der Waals surface area contributed by atoms with Crippen LogP contribution in [0.3, 0.4) is 0 Å². The zero-order valence-corrected chi connectivity index (χ0v) is 12.1. The summed E-state index contributed by atoms with van der Waals surface area (Å²) in [5.41, 5.74) is 0.539. The quantitative estimate of drug-likeness (QED) is 0.540. The molecule has 1 rings (SSSR count). The molecule has 0 aromatic carbocycles. The first-order valence-electron chi connectivity index (χ1n) is 6.99. The van der Waals surface area contributed by atoms with Gasteiger partial charge >= 0.3 is 11.9 Å². The summed E-state index contributed by atoms with van der Waals surface area (Å²) in [5.74, 6) is -0.888. The minimum absolute atomic E-state index is 0.200. The van der Waals surface area contributed by atoms with Crippen LogP contribution in [0.4, 0.5) is 0 Å². The van der Waals surface area contributed by atoms with Gasteiger partial charge in [-0.1, -0.05) is 26.7 Å². The van der Waals surface area contributed by atoms with Crippen LogP contribution in [0.1, 0.15) is 60.4 Å². The van der Waals surface area contributed by atoms with Gasteiger partial charge in [0.05, 0.1) is 18.8 Å². The molecule has 0 aliphatic carbocycles. The fourth-order valence-electron chi connectivity index (χ4n) is 1.41. The fourth-order valence-corrected chi connectivity index (χ4v) is 1.41. The molecule has 0 N–H and O–H groups in total. The maximum absolute atomic E-state index is 11.6. The van der Waals surface area contributed by atoms with Gasteiger partial charge in [-0.3, -0.25) is 0 Å². The molecule has 110 valence electrons. The molecule has 0 fully saturated rings. The molecule has 5 heteroatoms. The number of hydrogen-bond donors (Lipinski definition) is 0. The number of nitrogens with zero attached hydrogens (tertiary/aromatic N) is 1. The van der Waals surface area contributed by atoms with Gasteiger partial charge in [-0.25, -0.2) is 14.6 Å². The van der Waals surface area contributed by atoms with Crippen LogP contribution in [0.2, 0.25) is 0 Å². The van der Waals surface area contributed by atoms with Crippen molar-refractivity contribution in [1.29, 1.82) is 0 Å². The average Bonchev–Trinajstić information content (AvgIpc) is 2.47. The van der Waals surface area contributed by atoms with Gasteiger partial charge < -0.3 is 9.47 Å².